The van der Waals surface area contributed by atoms with Crippen LogP contribution < -0.4 is 10.1 Å². The molecule has 0 saturated carbocycles. The average molecular weight is 444 g/mol. The molecule has 168 valence electrons. The smallest absolute Gasteiger partial charge is 0.325 e. The molecule has 5 rings (SSSR count). The van der Waals surface area contributed by atoms with Crippen molar-refractivity contribution in [2.24, 2.45) is 0 Å². The third-order valence-electron chi connectivity index (χ3n) is 6.54. The summed E-state index contributed by atoms with van der Waals surface area (Å²) in [6.45, 7) is 3.97. The molecule has 3 aromatic carbocycles. The topological polar surface area (TPSA) is 79.0 Å². The summed E-state index contributed by atoms with van der Waals surface area (Å²) in [5.41, 5.74) is 0.343. The number of amides is 4. The fourth-order valence-corrected chi connectivity index (χ4v) is 4.51. The second kappa shape index (κ2) is 7.92. The number of fused-ring (bicyclic) bond motifs is 2. The van der Waals surface area contributed by atoms with Crippen molar-refractivity contribution in [1.29, 1.82) is 0 Å². The Morgan fingerprint density at radius 1 is 1.06 bits per heavy atom. The summed E-state index contributed by atoms with van der Waals surface area (Å²) in [6.07, 6.45) is 0. The third-order valence-corrected chi connectivity index (χ3v) is 6.54. The number of nitrogens with one attached hydrogen (secondary N) is 1. The number of nitrogens with zero attached hydrogens (tertiary/aromatic N) is 2. The van der Waals surface area contributed by atoms with E-state index in [0.717, 1.165) is 27.0 Å². The molecule has 3 aromatic rings. The number of hydrogen-bond donors (Lipinski definition) is 1. The van der Waals surface area contributed by atoms with Gasteiger partial charge in [-0.2, -0.15) is 0 Å². The predicted molar refractivity (Wildman–Crippen MR) is 123 cm³/mol. The second-order valence-corrected chi connectivity index (χ2v) is 8.80. The maximum Gasteiger partial charge on any atom is 0.325 e. The van der Waals surface area contributed by atoms with Crippen molar-refractivity contribution in [3.05, 3.63) is 77.9 Å². The number of carbonyl (C=O) groups excluding carboxylic acids is 3. The van der Waals surface area contributed by atoms with E-state index >= 15 is 0 Å². The first kappa shape index (κ1) is 21.0. The molecular weight excluding hydrogens is 418 g/mol. The van der Waals surface area contributed by atoms with E-state index in [4.69, 9.17) is 4.74 Å². The monoisotopic (exact) mass is 443 g/mol. The molecule has 7 heteroatoms. The molecule has 1 saturated heterocycles. The fourth-order valence-electron chi connectivity index (χ4n) is 4.51. The van der Waals surface area contributed by atoms with Gasteiger partial charge < -0.3 is 15.0 Å². The Bertz CT molecular complexity index is 1270. The minimum absolute atomic E-state index is 0.197. The summed E-state index contributed by atoms with van der Waals surface area (Å²) < 4.78 is 5.83. The highest BCUT2D eigenvalue weighted by Crippen LogP contribution is 2.31. The summed E-state index contributed by atoms with van der Waals surface area (Å²) in [7, 11) is 0. The lowest BCUT2D eigenvalue weighted by Crippen LogP contribution is -2.47. The maximum atomic E-state index is 13.4. The standard InChI is InChI=1S/C26H25N3O4/c1-17-16-33-22-10-6-5-9-20(22)14-28(17)23(30)15-29-24(31)26(2,27-25(29)32)21-12-11-18-7-3-4-8-19(18)13-21/h3-13,17H,14-16H2,1-2H3,(H,27,32). The summed E-state index contributed by atoms with van der Waals surface area (Å²) in [4.78, 5) is 42.1. The number of para-hydroxylation sites is 1. The molecule has 2 aliphatic heterocycles. The van der Waals surface area contributed by atoms with Gasteiger partial charge >= 0.3 is 6.03 Å². The molecule has 0 spiro atoms. The van der Waals surface area contributed by atoms with Gasteiger partial charge in [0.15, 0.2) is 0 Å². The van der Waals surface area contributed by atoms with Crippen molar-refractivity contribution in [2.75, 3.05) is 13.2 Å². The van der Waals surface area contributed by atoms with E-state index in [1.807, 2.05) is 73.7 Å². The Morgan fingerprint density at radius 2 is 1.79 bits per heavy atom. The van der Waals surface area contributed by atoms with Crippen LogP contribution in [-0.4, -0.2) is 46.8 Å². The highest BCUT2D eigenvalue weighted by Gasteiger charge is 2.50. The SMILES string of the molecule is CC1COc2ccccc2CN1C(=O)CN1C(=O)NC(C)(c2ccc3ccccc3c2)C1=O. The molecule has 2 aliphatic rings. The van der Waals surface area contributed by atoms with Crippen LogP contribution in [0.25, 0.3) is 10.8 Å². The van der Waals surface area contributed by atoms with E-state index in [9.17, 15) is 14.4 Å². The van der Waals surface area contributed by atoms with Crippen LogP contribution in [-0.2, 0) is 21.7 Å². The van der Waals surface area contributed by atoms with Crippen molar-refractivity contribution >= 4 is 28.6 Å². The quantitative estimate of drug-likeness (QED) is 0.629. The first-order valence-electron chi connectivity index (χ1n) is 11.0. The predicted octanol–water partition coefficient (Wildman–Crippen LogP) is 3.42. The summed E-state index contributed by atoms with van der Waals surface area (Å²) in [6, 6.07) is 20.3. The number of benzene rings is 3. The first-order valence-corrected chi connectivity index (χ1v) is 11.0. The van der Waals surface area contributed by atoms with Crippen LogP contribution in [0, 0.1) is 0 Å². The molecule has 1 fully saturated rings. The zero-order chi connectivity index (χ0) is 23.2. The van der Waals surface area contributed by atoms with Gasteiger partial charge in [0.25, 0.3) is 5.91 Å². The molecule has 7 nitrogen and oxygen atoms in total. The normalized spacial score (nSPS) is 22.5. The van der Waals surface area contributed by atoms with Crippen LogP contribution in [0.1, 0.15) is 25.0 Å². The van der Waals surface area contributed by atoms with Crippen molar-refractivity contribution < 1.29 is 19.1 Å². The van der Waals surface area contributed by atoms with Gasteiger partial charge in [-0.25, -0.2) is 4.79 Å². The molecule has 1 N–H and O–H groups in total. The van der Waals surface area contributed by atoms with Gasteiger partial charge in [-0.3, -0.25) is 14.5 Å². The molecule has 0 aromatic heterocycles. The number of ether oxygens (including phenoxy) is 1. The van der Waals surface area contributed by atoms with E-state index in [0.29, 0.717) is 18.7 Å². The van der Waals surface area contributed by atoms with Crippen LogP contribution in [0.4, 0.5) is 4.79 Å². The molecule has 0 aliphatic carbocycles. The Labute approximate surface area is 191 Å². The zero-order valence-electron chi connectivity index (χ0n) is 18.6. The molecule has 33 heavy (non-hydrogen) atoms. The number of carbonyl (C=O) groups is 3. The Balaban J connectivity index is 1.38. The molecule has 2 heterocycles. The van der Waals surface area contributed by atoms with Gasteiger partial charge in [-0.1, -0.05) is 54.6 Å². The summed E-state index contributed by atoms with van der Waals surface area (Å²) >= 11 is 0. The average Bonchev–Trinajstić information content (AvgIpc) is 2.95. The van der Waals surface area contributed by atoms with Crippen molar-refractivity contribution in [1.82, 2.24) is 15.1 Å². The lowest BCUT2D eigenvalue weighted by Gasteiger charge is -2.28. The summed E-state index contributed by atoms with van der Waals surface area (Å²) in [5.74, 6) is 0.0165. The van der Waals surface area contributed by atoms with Crippen LogP contribution in [0.2, 0.25) is 0 Å². The van der Waals surface area contributed by atoms with E-state index < -0.39 is 17.5 Å². The van der Waals surface area contributed by atoms with Crippen LogP contribution in [0.5, 0.6) is 5.75 Å². The lowest BCUT2D eigenvalue weighted by molar-refractivity contribution is -0.140. The van der Waals surface area contributed by atoms with E-state index in [1.54, 1.807) is 11.8 Å². The Hall–Kier alpha value is -3.87. The zero-order valence-corrected chi connectivity index (χ0v) is 18.6. The molecule has 2 unspecified atom stereocenters. The van der Waals surface area contributed by atoms with Gasteiger partial charge in [0, 0.05) is 12.1 Å². The highest BCUT2D eigenvalue weighted by molar-refractivity contribution is 6.09. The third kappa shape index (κ3) is 3.59. The lowest BCUT2D eigenvalue weighted by atomic mass is 9.90. The van der Waals surface area contributed by atoms with E-state index in [1.165, 1.54) is 0 Å². The minimum atomic E-state index is -1.23. The van der Waals surface area contributed by atoms with Crippen molar-refractivity contribution in [3.63, 3.8) is 0 Å². The summed E-state index contributed by atoms with van der Waals surface area (Å²) in [5, 5.41) is 4.82. The van der Waals surface area contributed by atoms with Gasteiger partial charge in [0.2, 0.25) is 5.91 Å². The molecule has 4 amide bonds. The number of hydrogen-bond acceptors (Lipinski definition) is 4. The fraction of sp³-hybridized carbons (Fsp3) is 0.269. The van der Waals surface area contributed by atoms with Crippen molar-refractivity contribution in [2.45, 2.75) is 32.0 Å². The maximum absolute atomic E-state index is 13.4. The number of rotatable bonds is 3. The van der Waals surface area contributed by atoms with E-state index in [2.05, 4.69) is 5.32 Å². The Morgan fingerprint density at radius 3 is 2.61 bits per heavy atom. The number of imide groups is 1. The van der Waals surface area contributed by atoms with Gasteiger partial charge in [-0.05, 0) is 42.3 Å². The highest BCUT2D eigenvalue weighted by atomic mass is 16.5. The minimum Gasteiger partial charge on any atom is -0.491 e. The van der Waals surface area contributed by atoms with Crippen LogP contribution >= 0.6 is 0 Å². The molecule has 0 bridgehead atoms. The second-order valence-electron chi connectivity index (χ2n) is 8.80. The first-order chi connectivity index (χ1) is 15.9. The van der Waals surface area contributed by atoms with Gasteiger partial charge in [0.05, 0.1) is 6.04 Å². The molecule has 2 atom stereocenters. The Kier molecular flexibility index (Phi) is 5.04. The van der Waals surface area contributed by atoms with Crippen molar-refractivity contribution in [3.8, 4) is 5.75 Å². The molecular formula is C26H25N3O4. The largest absolute Gasteiger partial charge is 0.491 e. The van der Waals surface area contributed by atoms with Gasteiger partial charge in [-0.15, -0.1) is 0 Å². The van der Waals surface area contributed by atoms with Crippen LogP contribution in [0.3, 0.4) is 0 Å². The van der Waals surface area contributed by atoms with Crippen LogP contribution in [0.15, 0.2) is 66.7 Å². The molecule has 0 radical (unpaired) electrons. The number of urea groups is 1. The van der Waals surface area contributed by atoms with Gasteiger partial charge in [0.1, 0.15) is 24.4 Å². The van der Waals surface area contributed by atoms with E-state index in [-0.39, 0.29) is 18.5 Å².